The van der Waals surface area contributed by atoms with Crippen LogP contribution in [0.2, 0.25) is 0 Å². The summed E-state index contributed by atoms with van der Waals surface area (Å²) in [7, 11) is 1.78. The molecule has 2 aliphatic heterocycles. The van der Waals surface area contributed by atoms with E-state index in [1.54, 1.807) is 7.05 Å². The lowest BCUT2D eigenvalue weighted by atomic mass is 10.2. The summed E-state index contributed by atoms with van der Waals surface area (Å²) in [4.78, 5) is 4.25. The van der Waals surface area contributed by atoms with E-state index in [2.05, 4.69) is 30.4 Å². The Labute approximate surface area is 143 Å². The Hall–Kier alpha value is -1.67. The first-order chi connectivity index (χ1) is 11.9. The van der Waals surface area contributed by atoms with Gasteiger partial charge in [0.1, 0.15) is 5.82 Å². The summed E-state index contributed by atoms with van der Waals surface area (Å²) < 4.78 is 13.3. The van der Waals surface area contributed by atoms with Crippen LogP contribution < -0.4 is 10.6 Å². The van der Waals surface area contributed by atoms with Crippen molar-refractivity contribution >= 4 is 5.96 Å². The molecule has 1 unspecified atom stereocenters. The molecule has 0 saturated carbocycles. The van der Waals surface area contributed by atoms with Crippen LogP contribution in [0.15, 0.2) is 4.99 Å². The van der Waals surface area contributed by atoms with Gasteiger partial charge in [-0.1, -0.05) is 0 Å². The molecule has 1 atom stereocenters. The number of aryl methyl sites for hydroxylation is 1. The first-order valence-corrected chi connectivity index (χ1v) is 8.91. The van der Waals surface area contributed by atoms with Gasteiger partial charge in [-0.25, -0.2) is 0 Å². The second kappa shape index (κ2) is 8.98. The molecule has 1 aromatic heterocycles. The zero-order chi connectivity index (χ0) is 16.6. The van der Waals surface area contributed by atoms with Gasteiger partial charge in [0, 0.05) is 39.8 Å². The second-order valence-corrected chi connectivity index (χ2v) is 6.20. The first kappa shape index (κ1) is 17.2. The average Bonchev–Trinajstić information content (AvgIpc) is 3.27. The Balaban J connectivity index is 1.34. The van der Waals surface area contributed by atoms with E-state index in [0.29, 0.717) is 6.54 Å². The molecule has 134 valence electrons. The van der Waals surface area contributed by atoms with Crippen LogP contribution >= 0.6 is 0 Å². The van der Waals surface area contributed by atoms with Crippen molar-refractivity contribution in [3.05, 3.63) is 11.6 Å². The average molecular weight is 336 g/mol. The molecule has 0 amide bonds. The van der Waals surface area contributed by atoms with Gasteiger partial charge in [0.25, 0.3) is 0 Å². The van der Waals surface area contributed by atoms with Gasteiger partial charge in [-0.15, -0.1) is 10.2 Å². The van der Waals surface area contributed by atoms with Crippen LogP contribution in [0.4, 0.5) is 0 Å². The van der Waals surface area contributed by atoms with Crippen LogP contribution in [0.1, 0.15) is 37.3 Å². The highest BCUT2D eigenvalue weighted by Crippen LogP contribution is 2.13. The largest absolute Gasteiger partial charge is 0.379 e. The SMILES string of the molecule is CN=C(NCCCOC1CCOC1)NCc1nnc2n1CCCC2. The summed E-state index contributed by atoms with van der Waals surface area (Å²) in [5, 5.41) is 15.2. The zero-order valence-corrected chi connectivity index (χ0v) is 14.5. The lowest BCUT2D eigenvalue weighted by molar-refractivity contribution is 0.0420. The molecule has 0 radical (unpaired) electrons. The molecule has 3 heterocycles. The van der Waals surface area contributed by atoms with E-state index in [9.17, 15) is 0 Å². The van der Waals surface area contributed by atoms with Crippen LogP contribution in [0.25, 0.3) is 0 Å². The molecule has 3 rings (SSSR count). The normalized spacial score (nSPS) is 20.9. The molecule has 1 saturated heterocycles. The summed E-state index contributed by atoms with van der Waals surface area (Å²) >= 11 is 0. The molecule has 2 aliphatic rings. The highest BCUT2D eigenvalue weighted by Gasteiger charge is 2.16. The number of hydrogen-bond donors (Lipinski definition) is 2. The van der Waals surface area contributed by atoms with E-state index in [1.165, 1.54) is 12.8 Å². The number of guanidine groups is 1. The zero-order valence-electron chi connectivity index (χ0n) is 14.5. The quantitative estimate of drug-likeness (QED) is 0.428. The van der Waals surface area contributed by atoms with E-state index in [0.717, 1.165) is 69.8 Å². The highest BCUT2D eigenvalue weighted by atomic mass is 16.5. The second-order valence-electron chi connectivity index (χ2n) is 6.20. The smallest absolute Gasteiger partial charge is 0.191 e. The molecule has 0 aliphatic carbocycles. The number of hydrogen-bond acceptors (Lipinski definition) is 5. The lowest BCUT2D eigenvalue weighted by Gasteiger charge is -2.16. The molecule has 2 N–H and O–H groups in total. The van der Waals surface area contributed by atoms with Crippen molar-refractivity contribution in [2.45, 2.75) is 51.3 Å². The topological polar surface area (TPSA) is 85.6 Å². The van der Waals surface area contributed by atoms with Crippen LogP contribution in [-0.4, -0.2) is 60.2 Å². The van der Waals surface area contributed by atoms with Gasteiger partial charge in [-0.3, -0.25) is 4.99 Å². The van der Waals surface area contributed by atoms with Crippen molar-refractivity contribution in [2.75, 3.05) is 33.4 Å². The summed E-state index contributed by atoms with van der Waals surface area (Å²) in [6.07, 6.45) is 5.69. The van der Waals surface area contributed by atoms with Crippen molar-refractivity contribution < 1.29 is 9.47 Å². The standard InChI is InChI=1S/C16H28N6O2/c1-17-16(18-7-4-9-24-13-6-10-23-12-13)19-11-15-21-20-14-5-2-3-8-22(14)15/h13H,2-12H2,1H3,(H2,17,18,19). The molecule has 1 aromatic rings. The van der Waals surface area contributed by atoms with Crippen molar-refractivity contribution in [1.82, 2.24) is 25.4 Å². The Bertz CT molecular complexity index is 539. The minimum absolute atomic E-state index is 0.279. The third kappa shape index (κ3) is 4.67. The van der Waals surface area contributed by atoms with Crippen molar-refractivity contribution in [3.8, 4) is 0 Å². The maximum Gasteiger partial charge on any atom is 0.191 e. The van der Waals surface area contributed by atoms with E-state index in [1.807, 2.05) is 0 Å². The fourth-order valence-electron chi connectivity index (χ4n) is 3.06. The highest BCUT2D eigenvalue weighted by molar-refractivity contribution is 5.79. The third-order valence-electron chi connectivity index (χ3n) is 4.43. The van der Waals surface area contributed by atoms with Crippen LogP contribution in [0.3, 0.4) is 0 Å². The number of nitrogens with one attached hydrogen (secondary N) is 2. The van der Waals surface area contributed by atoms with Crippen LogP contribution in [-0.2, 0) is 29.0 Å². The van der Waals surface area contributed by atoms with Gasteiger partial charge in [0.2, 0.25) is 0 Å². The van der Waals surface area contributed by atoms with Crippen molar-refractivity contribution in [1.29, 1.82) is 0 Å². The maximum absolute atomic E-state index is 5.75. The minimum Gasteiger partial charge on any atom is -0.379 e. The number of aliphatic imine (C=N–C) groups is 1. The summed E-state index contributed by atoms with van der Waals surface area (Å²) in [5.41, 5.74) is 0. The number of ether oxygens (including phenoxy) is 2. The monoisotopic (exact) mass is 336 g/mol. The van der Waals surface area contributed by atoms with E-state index in [4.69, 9.17) is 9.47 Å². The van der Waals surface area contributed by atoms with Gasteiger partial charge >= 0.3 is 0 Å². The van der Waals surface area contributed by atoms with Gasteiger partial charge in [-0.05, 0) is 25.7 Å². The molecule has 8 heteroatoms. The van der Waals surface area contributed by atoms with Gasteiger partial charge < -0.3 is 24.7 Å². The van der Waals surface area contributed by atoms with Crippen molar-refractivity contribution in [2.24, 2.45) is 4.99 Å². The number of rotatable bonds is 7. The van der Waals surface area contributed by atoms with Crippen LogP contribution in [0, 0.1) is 0 Å². The Morgan fingerprint density at radius 1 is 1.38 bits per heavy atom. The molecule has 0 spiro atoms. The summed E-state index contributed by atoms with van der Waals surface area (Å²) in [6.45, 7) is 4.79. The minimum atomic E-state index is 0.279. The van der Waals surface area contributed by atoms with Gasteiger partial charge in [0.05, 0.1) is 19.3 Å². The number of fused-ring (bicyclic) bond motifs is 1. The Kier molecular flexibility index (Phi) is 6.42. The number of nitrogens with zero attached hydrogens (tertiary/aromatic N) is 4. The van der Waals surface area contributed by atoms with E-state index < -0.39 is 0 Å². The van der Waals surface area contributed by atoms with Crippen molar-refractivity contribution in [3.63, 3.8) is 0 Å². The maximum atomic E-state index is 5.75. The summed E-state index contributed by atoms with van der Waals surface area (Å²) in [5.74, 6) is 2.87. The predicted octanol–water partition coefficient (Wildman–Crippen LogP) is 0.475. The third-order valence-corrected chi connectivity index (χ3v) is 4.43. The molecule has 0 aromatic carbocycles. The van der Waals surface area contributed by atoms with E-state index in [-0.39, 0.29) is 6.10 Å². The fourth-order valence-corrected chi connectivity index (χ4v) is 3.06. The first-order valence-electron chi connectivity index (χ1n) is 8.91. The molecular formula is C16H28N6O2. The fraction of sp³-hybridized carbons (Fsp3) is 0.812. The van der Waals surface area contributed by atoms with Crippen LogP contribution in [0.5, 0.6) is 0 Å². The number of aromatic nitrogens is 3. The van der Waals surface area contributed by atoms with Gasteiger partial charge in [0.15, 0.2) is 11.8 Å². The molecular weight excluding hydrogens is 308 g/mol. The molecule has 24 heavy (non-hydrogen) atoms. The predicted molar refractivity (Wildman–Crippen MR) is 91.0 cm³/mol. The molecule has 0 bridgehead atoms. The van der Waals surface area contributed by atoms with Gasteiger partial charge in [-0.2, -0.15) is 0 Å². The Morgan fingerprint density at radius 2 is 2.33 bits per heavy atom. The summed E-state index contributed by atoms with van der Waals surface area (Å²) in [6, 6.07) is 0. The lowest BCUT2D eigenvalue weighted by Crippen LogP contribution is -2.38. The molecule has 1 fully saturated rings. The molecule has 8 nitrogen and oxygen atoms in total. The Morgan fingerprint density at radius 3 is 3.17 bits per heavy atom. The van der Waals surface area contributed by atoms with E-state index >= 15 is 0 Å².